The predicted octanol–water partition coefficient (Wildman–Crippen LogP) is 2.10. The van der Waals surface area contributed by atoms with E-state index in [2.05, 4.69) is 5.32 Å². The Hall–Kier alpha value is -3.68. The van der Waals surface area contributed by atoms with Crippen LogP contribution >= 0.6 is 0 Å². The van der Waals surface area contributed by atoms with Crippen molar-refractivity contribution >= 4 is 23.6 Å². The minimum absolute atomic E-state index is 0.0585. The van der Waals surface area contributed by atoms with Gasteiger partial charge in [-0.15, -0.1) is 0 Å². The Morgan fingerprint density at radius 1 is 0.969 bits per heavy atom. The van der Waals surface area contributed by atoms with E-state index < -0.39 is 17.9 Å². The number of nitrogens with zero attached hydrogens (tertiary/aromatic N) is 2. The lowest BCUT2D eigenvalue weighted by molar-refractivity contribution is -0.125. The van der Waals surface area contributed by atoms with E-state index in [0.29, 0.717) is 48.4 Å². The molecular formula is C24H25N3O5. The first kappa shape index (κ1) is 21.5. The number of benzene rings is 2. The molecule has 1 atom stereocenters. The fourth-order valence-corrected chi connectivity index (χ4v) is 4.14. The van der Waals surface area contributed by atoms with Gasteiger partial charge in [-0.2, -0.15) is 0 Å². The fourth-order valence-electron chi connectivity index (χ4n) is 4.14. The van der Waals surface area contributed by atoms with Gasteiger partial charge in [0.15, 0.2) is 0 Å². The van der Waals surface area contributed by atoms with Gasteiger partial charge in [-0.3, -0.25) is 24.1 Å². The largest absolute Gasteiger partial charge is 0.497 e. The fraction of sp³-hybridized carbons (Fsp3) is 0.333. The van der Waals surface area contributed by atoms with Crippen LogP contribution in [0.1, 0.15) is 50.8 Å². The molecular weight excluding hydrogens is 410 g/mol. The lowest BCUT2D eigenvalue weighted by atomic mass is 10.0. The molecule has 0 aromatic heterocycles. The van der Waals surface area contributed by atoms with Crippen molar-refractivity contribution in [2.45, 2.75) is 31.8 Å². The summed E-state index contributed by atoms with van der Waals surface area (Å²) in [7, 11) is 1.57. The zero-order chi connectivity index (χ0) is 22.8. The lowest BCUT2D eigenvalue weighted by Crippen LogP contribution is -2.53. The molecule has 2 aromatic rings. The van der Waals surface area contributed by atoms with E-state index in [4.69, 9.17) is 4.74 Å². The number of carbonyl (C=O) groups is 4. The van der Waals surface area contributed by atoms with Crippen LogP contribution < -0.4 is 10.1 Å². The van der Waals surface area contributed by atoms with Gasteiger partial charge in [-0.25, -0.2) is 0 Å². The molecule has 0 radical (unpaired) electrons. The minimum Gasteiger partial charge on any atom is -0.497 e. The zero-order valence-electron chi connectivity index (χ0n) is 18.0. The topological polar surface area (TPSA) is 96.0 Å². The first-order chi connectivity index (χ1) is 15.4. The van der Waals surface area contributed by atoms with Crippen LogP contribution in [0.5, 0.6) is 5.75 Å². The highest BCUT2D eigenvalue weighted by molar-refractivity contribution is 6.22. The van der Waals surface area contributed by atoms with Gasteiger partial charge in [0.05, 0.1) is 18.2 Å². The van der Waals surface area contributed by atoms with Gasteiger partial charge in [0, 0.05) is 24.7 Å². The van der Waals surface area contributed by atoms with Crippen molar-refractivity contribution in [3.8, 4) is 5.75 Å². The second kappa shape index (κ2) is 8.82. The average Bonchev–Trinajstić information content (AvgIpc) is 3.08. The Bertz CT molecular complexity index is 1020. The SMILES string of the molecule is COc1ccc(C(=O)N2CCC(NC(=O)C(C)N3C(=O)c4ccccc4C3=O)CC2)cc1. The van der Waals surface area contributed by atoms with Crippen LogP contribution in [0.25, 0.3) is 0 Å². The molecule has 1 N–H and O–H groups in total. The van der Waals surface area contributed by atoms with Crippen molar-refractivity contribution < 1.29 is 23.9 Å². The van der Waals surface area contributed by atoms with Crippen LogP contribution in [0.2, 0.25) is 0 Å². The van der Waals surface area contributed by atoms with Crippen molar-refractivity contribution in [3.05, 3.63) is 65.2 Å². The highest BCUT2D eigenvalue weighted by Crippen LogP contribution is 2.25. The summed E-state index contributed by atoms with van der Waals surface area (Å²) in [4.78, 5) is 53.5. The number of hydrogen-bond donors (Lipinski definition) is 1. The van der Waals surface area contributed by atoms with Crippen molar-refractivity contribution in [3.63, 3.8) is 0 Å². The molecule has 0 bridgehead atoms. The van der Waals surface area contributed by atoms with E-state index >= 15 is 0 Å². The normalized spacial score (nSPS) is 17.2. The second-order valence-corrected chi connectivity index (χ2v) is 8.01. The summed E-state index contributed by atoms with van der Waals surface area (Å²) >= 11 is 0. The van der Waals surface area contributed by atoms with Crippen molar-refractivity contribution in [2.75, 3.05) is 20.2 Å². The van der Waals surface area contributed by atoms with E-state index in [1.807, 2.05) is 0 Å². The number of nitrogens with one attached hydrogen (secondary N) is 1. The van der Waals surface area contributed by atoms with Crippen LogP contribution in [0.4, 0.5) is 0 Å². The van der Waals surface area contributed by atoms with E-state index in [1.54, 1.807) is 67.5 Å². The summed E-state index contributed by atoms with van der Waals surface area (Å²) in [5, 5.41) is 2.94. The molecule has 4 amide bonds. The maximum atomic E-state index is 12.8. The molecule has 0 saturated carbocycles. The molecule has 2 heterocycles. The molecule has 1 fully saturated rings. The van der Waals surface area contributed by atoms with E-state index in [1.165, 1.54) is 0 Å². The quantitative estimate of drug-likeness (QED) is 0.726. The Labute approximate surface area is 186 Å². The van der Waals surface area contributed by atoms with Crippen LogP contribution in [0, 0.1) is 0 Å². The van der Waals surface area contributed by atoms with Crippen LogP contribution in [-0.4, -0.2) is 65.7 Å². The van der Waals surface area contributed by atoms with Gasteiger partial charge in [0.25, 0.3) is 17.7 Å². The summed E-state index contributed by atoms with van der Waals surface area (Å²) in [6.45, 7) is 2.58. The average molecular weight is 435 g/mol. The zero-order valence-corrected chi connectivity index (χ0v) is 18.0. The van der Waals surface area contributed by atoms with Crippen LogP contribution in [0.3, 0.4) is 0 Å². The highest BCUT2D eigenvalue weighted by Gasteiger charge is 2.41. The molecule has 0 spiro atoms. The lowest BCUT2D eigenvalue weighted by Gasteiger charge is -2.33. The summed E-state index contributed by atoms with van der Waals surface area (Å²) < 4.78 is 5.12. The number of hydrogen-bond acceptors (Lipinski definition) is 5. The van der Waals surface area contributed by atoms with E-state index in [-0.39, 0.29) is 17.9 Å². The third-order valence-corrected chi connectivity index (χ3v) is 6.06. The molecule has 8 nitrogen and oxygen atoms in total. The van der Waals surface area contributed by atoms with Crippen LogP contribution in [0.15, 0.2) is 48.5 Å². The molecule has 32 heavy (non-hydrogen) atoms. The monoisotopic (exact) mass is 435 g/mol. The number of fused-ring (bicyclic) bond motifs is 1. The summed E-state index contributed by atoms with van der Waals surface area (Å²) in [6, 6.07) is 12.5. The van der Waals surface area contributed by atoms with Gasteiger partial charge in [0.2, 0.25) is 5.91 Å². The van der Waals surface area contributed by atoms with Crippen molar-refractivity contribution in [1.82, 2.24) is 15.1 Å². The Morgan fingerprint density at radius 2 is 1.53 bits per heavy atom. The molecule has 4 rings (SSSR count). The van der Waals surface area contributed by atoms with Crippen molar-refractivity contribution in [1.29, 1.82) is 0 Å². The third kappa shape index (κ3) is 3.95. The van der Waals surface area contributed by atoms with Gasteiger partial charge in [-0.1, -0.05) is 12.1 Å². The van der Waals surface area contributed by atoms with Gasteiger partial charge < -0.3 is 15.0 Å². The molecule has 1 saturated heterocycles. The molecule has 0 aliphatic carbocycles. The number of ether oxygens (including phenoxy) is 1. The number of rotatable bonds is 5. The summed E-state index contributed by atoms with van der Waals surface area (Å²) in [5.74, 6) is -0.646. The smallest absolute Gasteiger partial charge is 0.262 e. The van der Waals surface area contributed by atoms with Crippen molar-refractivity contribution in [2.24, 2.45) is 0 Å². The summed E-state index contributed by atoms with van der Waals surface area (Å²) in [5.41, 5.74) is 1.23. The Morgan fingerprint density at radius 3 is 2.06 bits per heavy atom. The Balaban J connectivity index is 1.32. The molecule has 8 heteroatoms. The molecule has 2 aromatic carbocycles. The maximum absolute atomic E-state index is 12.8. The van der Waals surface area contributed by atoms with E-state index in [9.17, 15) is 19.2 Å². The van der Waals surface area contributed by atoms with Gasteiger partial charge in [-0.05, 0) is 56.2 Å². The summed E-state index contributed by atoms with van der Waals surface area (Å²) in [6.07, 6.45) is 1.20. The number of amides is 4. The van der Waals surface area contributed by atoms with Gasteiger partial charge in [0.1, 0.15) is 11.8 Å². The standard InChI is InChI=1S/C24H25N3O5/c1-15(27-23(30)19-5-3-4-6-20(19)24(27)31)21(28)25-17-11-13-26(14-12-17)22(29)16-7-9-18(32-2)10-8-16/h3-10,15,17H,11-14H2,1-2H3,(H,25,28). The third-order valence-electron chi connectivity index (χ3n) is 6.06. The van der Waals surface area contributed by atoms with Gasteiger partial charge >= 0.3 is 0 Å². The number of piperidine rings is 1. The highest BCUT2D eigenvalue weighted by atomic mass is 16.5. The molecule has 166 valence electrons. The number of carbonyl (C=O) groups excluding carboxylic acids is 4. The van der Waals surface area contributed by atoms with Crippen LogP contribution in [-0.2, 0) is 4.79 Å². The maximum Gasteiger partial charge on any atom is 0.262 e. The molecule has 2 aliphatic rings. The predicted molar refractivity (Wildman–Crippen MR) is 116 cm³/mol. The second-order valence-electron chi connectivity index (χ2n) is 8.01. The number of imide groups is 1. The minimum atomic E-state index is -0.915. The first-order valence-electron chi connectivity index (χ1n) is 10.6. The number of methoxy groups -OCH3 is 1. The molecule has 1 unspecified atom stereocenters. The first-order valence-corrected chi connectivity index (χ1v) is 10.6. The van der Waals surface area contributed by atoms with E-state index in [0.717, 1.165) is 4.90 Å². The Kier molecular flexibility index (Phi) is 5.94. The molecule has 2 aliphatic heterocycles. The number of likely N-dealkylation sites (tertiary alicyclic amines) is 1.